The fourth-order valence-electron chi connectivity index (χ4n) is 4.24. The van der Waals surface area contributed by atoms with Crippen LogP contribution in [0.2, 0.25) is 17.3 Å². The molecule has 0 bridgehead atoms. The maximum absolute atomic E-state index is 6.35. The van der Waals surface area contributed by atoms with Crippen molar-refractivity contribution in [2.45, 2.75) is 49.6 Å². The molecule has 0 fully saturated rings. The van der Waals surface area contributed by atoms with Gasteiger partial charge in [0.2, 0.25) is 0 Å². The van der Waals surface area contributed by atoms with Crippen LogP contribution in [0.15, 0.2) is 54.8 Å². The van der Waals surface area contributed by atoms with Gasteiger partial charge in [0.15, 0.2) is 0 Å². The molecular formula is C24H29GeNO. The molecule has 1 aromatic carbocycles. The first-order valence-corrected chi connectivity index (χ1v) is 17.3. The van der Waals surface area contributed by atoms with Gasteiger partial charge in [0.05, 0.1) is 0 Å². The summed E-state index contributed by atoms with van der Waals surface area (Å²) in [4.78, 5) is 4.92. The van der Waals surface area contributed by atoms with Crippen molar-refractivity contribution in [3.8, 4) is 5.75 Å². The fraction of sp³-hybridized carbons (Fsp3) is 0.375. The Hall–Kier alpha value is -1.81. The van der Waals surface area contributed by atoms with Crippen LogP contribution in [0.5, 0.6) is 5.75 Å². The molecule has 1 aliphatic heterocycles. The second-order valence-corrected chi connectivity index (χ2v) is 19.8. The summed E-state index contributed by atoms with van der Waals surface area (Å²) in [6.45, 7) is 4.60. The van der Waals surface area contributed by atoms with E-state index in [1.807, 2.05) is 6.07 Å². The van der Waals surface area contributed by atoms with Crippen molar-refractivity contribution in [2.24, 2.45) is 5.92 Å². The van der Waals surface area contributed by atoms with E-state index >= 15 is 0 Å². The Morgan fingerprint density at radius 3 is 2.67 bits per heavy atom. The van der Waals surface area contributed by atoms with Gasteiger partial charge >= 0.3 is 166 Å². The van der Waals surface area contributed by atoms with Gasteiger partial charge in [-0.15, -0.1) is 0 Å². The predicted molar refractivity (Wildman–Crippen MR) is 116 cm³/mol. The molecule has 3 heteroatoms. The van der Waals surface area contributed by atoms with E-state index in [-0.39, 0.29) is 12.0 Å². The Balaban J connectivity index is 1.74. The predicted octanol–water partition coefficient (Wildman–Crippen LogP) is 5.32. The topological polar surface area (TPSA) is 22.1 Å². The first-order chi connectivity index (χ1) is 12.8. The Kier molecular flexibility index (Phi) is 4.79. The maximum atomic E-state index is 6.35. The first-order valence-electron chi connectivity index (χ1n) is 9.98. The summed E-state index contributed by atoms with van der Waals surface area (Å²) in [6.07, 6.45) is 9.94. The minimum atomic E-state index is -1.95. The number of ether oxygens (including phenoxy) is 1. The molecule has 0 amide bonds. The van der Waals surface area contributed by atoms with E-state index in [1.165, 1.54) is 21.1 Å². The number of hydrogen-bond acceptors (Lipinski definition) is 2. The molecule has 27 heavy (non-hydrogen) atoms. The average molecular weight is 420 g/mol. The molecule has 2 atom stereocenters. The van der Waals surface area contributed by atoms with Crippen molar-refractivity contribution in [2.75, 3.05) is 0 Å². The second kappa shape index (κ2) is 6.98. The molecule has 0 N–H and O–H groups in total. The summed E-state index contributed by atoms with van der Waals surface area (Å²) in [5, 5.41) is 0. The molecule has 4 rings (SSSR count). The van der Waals surface area contributed by atoms with Gasteiger partial charge in [-0.05, 0) is 0 Å². The van der Waals surface area contributed by atoms with Crippen LogP contribution in [0.3, 0.4) is 0 Å². The summed E-state index contributed by atoms with van der Waals surface area (Å²) in [5.41, 5.74) is 5.06. The molecule has 0 saturated carbocycles. The molecule has 2 heterocycles. The van der Waals surface area contributed by atoms with Crippen LogP contribution in [-0.4, -0.2) is 24.4 Å². The summed E-state index contributed by atoms with van der Waals surface area (Å²) < 4.78 is 7.88. The molecule has 0 spiro atoms. The zero-order valence-corrected chi connectivity index (χ0v) is 19.1. The molecule has 140 valence electrons. The van der Waals surface area contributed by atoms with Crippen LogP contribution in [0, 0.1) is 5.92 Å². The first kappa shape index (κ1) is 18.6. The third-order valence-corrected chi connectivity index (χ3v) is 9.82. The van der Waals surface area contributed by atoms with Crippen molar-refractivity contribution in [1.82, 2.24) is 4.98 Å². The number of allylic oxidation sites excluding steroid dienone is 2. The van der Waals surface area contributed by atoms with Gasteiger partial charge in [-0.2, -0.15) is 0 Å². The number of rotatable bonds is 4. The van der Waals surface area contributed by atoms with Crippen LogP contribution >= 0.6 is 0 Å². The number of fused-ring (bicyclic) bond motifs is 3. The van der Waals surface area contributed by atoms with E-state index in [0.29, 0.717) is 5.92 Å². The summed E-state index contributed by atoms with van der Waals surface area (Å²) in [6, 6.07) is 10.8. The molecule has 1 aromatic heterocycles. The molecular weight excluding hydrogens is 391 g/mol. The van der Waals surface area contributed by atoms with Crippen molar-refractivity contribution < 1.29 is 4.74 Å². The van der Waals surface area contributed by atoms with E-state index in [0.717, 1.165) is 17.9 Å². The van der Waals surface area contributed by atoms with E-state index < -0.39 is 13.3 Å². The number of benzene rings is 1. The molecule has 2 nitrogen and oxygen atoms in total. The van der Waals surface area contributed by atoms with Gasteiger partial charge in [0, 0.05) is 0 Å². The van der Waals surface area contributed by atoms with Gasteiger partial charge in [-0.25, -0.2) is 0 Å². The molecule has 2 unspecified atom stereocenters. The zero-order valence-electron chi connectivity index (χ0n) is 17.0. The van der Waals surface area contributed by atoms with Crippen LogP contribution in [0.1, 0.15) is 36.6 Å². The quantitative estimate of drug-likeness (QED) is 0.625. The van der Waals surface area contributed by atoms with E-state index in [4.69, 9.17) is 9.72 Å². The minimum absolute atomic E-state index is 0.0359. The molecule has 0 radical (unpaired) electrons. The third-order valence-electron chi connectivity index (χ3n) is 5.48. The summed E-state index contributed by atoms with van der Waals surface area (Å²) in [7, 11) is 0. The number of hydrogen-bond donors (Lipinski definition) is 0. The molecule has 0 saturated heterocycles. The standard InChI is InChI=1S/C24H29GeNO/c1-16(2)13-17-14-22(26-15-21(17)25(3,4)5)20-11-8-10-19-18-9-6-7-12-23(18)27-24(19)20/h6-12,14-16,19,24H,13H2,1-5H3. The molecule has 2 aliphatic rings. The normalized spacial score (nSPS) is 20.9. The molecule has 1 aliphatic carbocycles. The van der Waals surface area contributed by atoms with E-state index in [1.54, 1.807) is 0 Å². The zero-order chi connectivity index (χ0) is 19.2. The van der Waals surface area contributed by atoms with E-state index in [9.17, 15) is 0 Å². The van der Waals surface area contributed by atoms with Crippen molar-refractivity contribution in [1.29, 1.82) is 0 Å². The Morgan fingerprint density at radius 2 is 1.93 bits per heavy atom. The van der Waals surface area contributed by atoms with Gasteiger partial charge in [-0.1, -0.05) is 0 Å². The van der Waals surface area contributed by atoms with Gasteiger partial charge < -0.3 is 0 Å². The number of pyridine rings is 1. The Morgan fingerprint density at radius 1 is 1.15 bits per heavy atom. The second-order valence-electron chi connectivity index (χ2n) is 9.18. The van der Waals surface area contributed by atoms with Gasteiger partial charge in [0.1, 0.15) is 0 Å². The Labute approximate surface area is 165 Å². The van der Waals surface area contributed by atoms with Crippen LogP contribution in [-0.2, 0) is 6.42 Å². The van der Waals surface area contributed by atoms with Crippen LogP contribution < -0.4 is 9.13 Å². The summed E-state index contributed by atoms with van der Waals surface area (Å²) in [5.74, 6) is 9.30. The van der Waals surface area contributed by atoms with Gasteiger partial charge in [0.25, 0.3) is 0 Å². The van der Waals surface area contributed by atoms with Crippen LogP contribution in [0.25, 0.3) is 5.57 Å². The number of para-hydroxylation sites is 1. The van der Waals surface area contributed by atoms with Crippen molar-refractivity contribution in [3.63, 3.8) is 0 Å². The Bertz CT molecular complexity index is 920. The number of aromatic nitrogens is 1. The van der Waals surface area contributed by atoms with E-state index in [2.05, 4.69) is 79.8 Å². The van der Waals surface area contributed by atoms with Crippen molar-refractivity contribution in [3.05, 3.63) is 71.6 Å². The van der Waals surface area contributed by atoms with Gasteiger partial charge in [-0.3, -0.25) is 0 Å². The number of nitrogens with zero attached hydrogens (tertiary/aromatic N) is 1. The summed E-state index contributed by atoms with van der Waals surface area (Å²) >= 11 is -1.95. The third kappa shape index (κ3) is 3.52. The average Bonchev–Trinajstić information content (AvgIpc) is 2.99. The van der Waals surface area contributed by atoms with Crippen LogP contribution in [0.4, 0.5) is 0 Å². The SMILES string of the molecule is CC(C)Cc1cc(C2=CC=CC3c4ccccc4OC23)nc[c]1[Ge]([CH3])([CH3])[CH3]. The van der Waals surface area contributed by atoms with Crippen molar-refractivity contribution >= 4 is 23.2 Å². The molecule has 2 aromatic rings. The fourth-order valence-corrected chi connectivity index (χ4v) is 7.58. The monoisotopic (exact) mass is 421 g/mol.